The summed E-state index contributed by atoms with van der Waals surface area (Å²) in [4.78, 5) is 14.1. The molecule has 0 N–H and O–H groups in total. The molecule has 0 aliphatic carbocycles. The number of thioether (sulfide) groups is 1. The molecule has 0 spiro atoms. The van der Waals surface area contributed by atoms with E-state index in [2.05, 4.69) is 20.1 Å². The molecule has 0 radical (unpaired) electrons. The minimum absolute atomic E-state index is 0.227. The summed E-state index contributed by atoms with van der Waals surface area (Å²) in [6.07, 6.45) is 1.56. The van der Waals surface area contributed by atoms with Crippen molar-refractivity contribution in [2.24, 2.45) is 0 Å². The van der Waals surface area contributed by atoms with E-state index in [0.717, 1.165) is 26.4 Å². The number of hydrogen-bond acceptors (Lipinski definition) is 7. The SMILES string of the molecule is CC(C)c1noc(CSc2ncnc3scc(-c4ccc(F)cc4)c23)n1. The number of hydrogen-bond donors (Lipinski definition) is 0. The van der Waals surface area contributed by atoms with Crippen LogP contribution in [0.15, 0.2) is 45.5 Å². The molecule has 0 fully saturated rings. The van der Waals surface area contributed by atoms with Crippen LogP contribution in [0.5, 0.6) is 0 Å². The van der Waals surface area contributed by atoms with E-state index in [9.17, 15) is 4.39 Å². The van der Waals surface area contributed by atoms with Gasteiger partial charge in [0.15, 0.2) is 5.82 Å². The molecule has 3 heterocycles. The number of thiophene rings is 1. The number of fused-ring (bicyclic) bond motifs is 1. The molecule has 1 aromatic carbocycles. The van der Waals surface area contributed by atoms with Crippen LogP contribution in [-0.4, -0.2) is 20.1 Å². The molecular formula is C18H15FN4OS2. The molecule has 3 aromatic heterocycles. The number of benzene rings is 1. The molecule has 132 valence electrons. The van der Waals surface area contributed by atoms with E-state index in [1.165, 1.54) is 23.9 Å². The average Bonchev–Trinajstić information content (AvgIpc) is 3.28. The molecule has 0 unspecified atom stereocenters. The van der Waals surface area contributed by atoms with Crippen LogP contribution in [0.2, 0.25) is 0 Å². The standard InChI is InChI=1S/C18H15FN4OS2/c1-10(2)16-22-14(24-23-16)8-26-18-15-13(7-25-17(15)20-9-21-18)11-3-5-12(19)6-4-11/h3-7,9-10H,8H2,1-2H3. The van der Waals surface area contributed by atoms with E-state index >= 15 is 0 Å². The van der Waals surface area contributed by atoms with Crippen LogP contribution < -0.4 is 0 Å². The molecule has 0 bridgehead atoms. The summed E-state index contributed by atoms with van der Waals surface area (Å²) in [5, 5.41) is 7.83. The molecule has 8 heteroatoms. The highest BCUT2D eigenvalue weighted by atomic mass is 32.2. The Kier molecular flexibility index (Phi) is 4.69. The Balaban J connectivity index is 1.66. The van der Waals surface area contributed by atoms with Crippen molar-refractivity contribution in [1.82, 2.24) is 20.1 Å². The van der Waals surface area contributed by atoms with Gasteiger partial charge in [-0.25, -0.2) is 14.4 Å². The molecule has 4 rings (SSSR count). The molecule has 0 saturated heterocycles. The van der Waals surface area contributed by atoms with Crippen molar-refractivity contribution >= 4 is 33.3 Å². The Morgan fingerprint density at radius 3 is 2.73 bits per heavy atom. The monoisotopic (exact) mass is 386 g/mol. The molecule has 26 heavy (non-hydrogen) atoms. The third-order valence-corrected chi connectivity index (χ3v) is 5.68. The Labute approximate surface area is 157 Å². The fraction of sp³-hybridized carbons (Fsp3) is 0.222. The number of aromatic nitrogens is 4. The van der Waals surface area contributed by atoms with Crippen LogP contribution in [0.3, 0.4) is 0 Å². The van der Waals surface area contributed by atoms with E-state index in [0.29, 0.717) is 17.5 Å². The van der Waals surface area contributed by atoms with Gasteiger partial charge in [0.1, 0.15) is 22.0 Å². The van der Waals surface area contributed by atoms with Crippen LogP contribution in [0.25, 0.3) is 21.3 Å². The molecular weight excluding hydrogens is 371 g/mol. The number of nitrogens with zero attached hydrogens (tertiary/aromatic N) is 4. The summed E-state index contributed by atoms with van der Waals surface area (Å²) in [5.41, 5.74) is 1.94. The zero-order chi connectivity index (χ0) is 18.1. The Morgan fingerprint density at radius 2 is 2.00 bits per heavy atom. The van der Waals surface area contributed by atoms with Crippen molar-refractivity contribution in [2.45, 2.75) is 30.5 Å². The predicted octanol–water partition coefficient (Wildman–Crippen LogP) is 5.30. The largest absolute Gasteiger partial charge is 0.338 e. The minimum Gasteiger partial charge on any atom is -0.338 e. The average molecular weight is 386 g/mol. The van der Waals surface area contributed by atoms with Crippen molar-refractivity contribution in [3.05, 3.63) is 53.5 Å². The van der Waals surface area contributed by atoms with Gasteiger partial charge in [-0.2, -0.15) is 4.98 Å². The van der Waals surface area contributed by atoms with E-state index in [-0.39, 0.29) is 11.7 Å². The zero-order valence-corrected chi connectivity index (χ0v) is 15.8. The van der Waals surface area contributed by atoms with Crippen molar-refractivity contribution in [3.63, 3.8) is 0 Å². The van der Waals surface area contributed by atoms with E-state index in [1.54, 1.807) is 29.8 Å². The lowest BCUT2D eigenvalue weighted by Gasteiger charge is -2.04. The highest BCUT2D eigenvalue weighted by Crippen LogP contribution is 2.38. The van der Waals surface area contributed by atoms with Crippen LogP contribution >= 0.6 is 23.1 Å². The van der Waals surface area contributed by atoms with Crippen LogP contribution in [0.4, 0.5) is 4.39 Å². The Morgan fingerprint density at radius 1 is 1.19 bits per heavy atom. The highest BCUT2D eigenvalue weighted by molar-refractivity contribution is 7.98. The maximum absolute atomic E-state index is 13.2. The van der Waals surface area contributed by atoms with Gasteiger partial charge in [0, 0.05) is 16.9 Å². The first-order valence-electron chi connectivity index (χ1n) is 8.05. The fourth-order valence-corrected chi connectivity index (χ4v) is 4.32. The highest BCUT2D eigenvalue weighted by Gasteiger charge is 2.16. The summed E-state index contributed by atoms with van der Waals surface area (Å²) in [6, 6.07) is 6.46. The predicted molar refractivity (Wildman–Crippen MR) is 101 cm³/mol. The minimum atomic E-state index is -0.253. The van der Waals surface area contributed by atoms with Crippen molar-refractivity contribution < 1.29 is 8.91 Å². The van der Waals surface area contributed by atoms with Gasteiger partial charge in [-0.3, -0.25) is 0 Å². The van der Waals surface area contributed by atoms with Gasteiger partial charge in [-0.15, -0.1) is 11.3 Å². The second-order valence-corrected chi connectivity index (χ2v) is 7.83. The summed E-state index contributed by atoms with van der Waals surface area (Å²) in [5.74, 6) is 1.78. The third-order valence-electron chi connectivity index (χ3n) is 3.82. The van der Waals surface area contributed by atoms with Gasteiger partial charge in [-0.1, -0.05) is 42.9 Å². The van der Waals surface area contributed by atoms with Crippen LogP contribution in [0.1, 0.15) is 31.5 Å². The topological polar surface area (TPSA) is 64.7 Å². The van der Waals surface area contributed by atoms with Gasteiger partial charge in [-0.05, 0) is 17.7 Å². The first-order valence-corrected chi connectivity index (χ1v) is 9.91. The summed E-state index contributed by atoms with van der Waals surface area (Å²) in [7, 11) is 0. The van der Waals surface area contributed by atoms with Gasteiger partial charge >= 0.3 is 0 Å². The third kappa shape index (κ3) is 3.34. The smallest absolute Gasteiger partial charge is 0.237 e. The number of rotatable bonds is 5. The molecule has 0 saturated carbocycles. The maximum Gasteiger partial charge on any atom is 0.237 e. The molecule has 0 amide bonds. The molecule has 0 aliphatic heterocycles. The van der Waals surface area contributed by atoms with Crippen molar-refractivity contribution in [3.8, 4) is 11.1 Å². The normalized spacial score (nSPS) is 11.5. The van der Waals surface area contributed by atoms with Gasteiger partial charge < -0.3 is 4.52 Å². The van der Waals surface area contributed by atoms with E-state index < -0.39 is 0 Å². The van der Waals surface area contributed by atoms with E-state index in [1.807, 2.05) is 19.2 Å². The number of halogens is 1. The second kappa shape index (κ2) is 7.13. The van der Waals surface area contributed by atoms with Gasteiger partial charge in [0.2, 0.25) is 5.89 Å². The quantitative estimate of drug-likeness (QED) is 0.343. The van der Waals surface area contributed by atoms with Gasteiger partial charge in [0.25, 0.3) is 0 Å². The lowest BCUT2D eigenvalue weighted by atomic mass is 10.1. The fourth-order valence-electron chi connectivity index (χ4n) is 2.49. The lowest BCUT2D eigenvalue weighted by molar-refractivity contribution is 0.383. The van der Waals surface area contributed by atoms with Crippen molar-refractivity contribution in [1.29, 1.82) is 0 Å². The summed E-state index contributed by atoms with van der Waals surface area (Å²) >= 11 is 3.08. The maximum atomic E-state index is 13.2. The Hall–Kier alpha value is -2.32. The zero-order valence-electron chi connectivity index (χ0n) is 14.1. The second-order valence-electron chi connectivity index (χ2n) is 6.00. The molecule has 0 atom stereocenters. The van der Waals surface area contributed by atoms with Crippen LogP contribution in [-0.2, 0) is 5.75 Å². The molecule has 4 aromatic rings. The van der Waals surface area contributed by atoms with Crippen molar-refractivity contribution in [2.75, 3.05) is 0 Å². The van der Waals surface area contributed by atoms with Crippen LogP contribution in [0, 0.1) is 5.82 Å². The lowest BCUT2D eigenvalue weighted by Crippen LogP contribution is -1.91. The Bertz CT molecular complexity index is 1040. The summed E-state index contributed by atoms with van der Waals surface area (Å²) in [6.45, 7) is 4.05. The van der Waals surface area contributed by atoms with E-state index in [4.69, 9.17) is 4.52 Å². The first-order chi connectivity index (χ1) is 12.6. The molecule has 5 nitrogen and oxygen atoms in total. The summed E-state index contributed by atoms with van der Waals surface area (Å²) < 4.78 is 18.5. The molecule has 0 aliphatic rings. The van der Waals surface area contributed by atoms with Gasteiger partial charge in [0.05, 0.1) is 11.1 Å². The first kappa shape index (κ1) is 17.1.